The van der Waals surface area contributed by atoms with Crippen molar-refractivity contribution in [3.05, 3.63) is 11.6 Å². The van der Waals surface area contributed by atoms with Crippen LogP contribution in [0.4, 0.5) is 0 Å². The Bertz CT molecular complexity index is 512. The molecule has 0 radical (unpaired) electrons. The van der Waals surface area contributed by atoms with Gasteiger partial charge in [-0.15, -0.1) is 5.10 Å². The second kappa shape index (κ2) is 5.75. The van der Waals surface area contributed by atoms with Crippen molar-refractivity contribution >= 4 is 5.91 Å². The highest BCUT2D eigenvalue weighted by Crippen LogP contribution is 2.24. The van der Waals surface area contributed by atoms with Gasteiger partial charge in [0.25, 0.3) is 5.91 Å². The molecule has 1 N–H and O–H groups in total. The molecule has 1 aromatic heterocycles. The number of amides is 1. The van der Waals surface area contributed by atoms with Gasteiger partial charge in [0.1, 0.15) is 5.82 Å². The lowest BCUT2D eigenvalue weighted by molar-refractivity contribution is 0.0144. The second-order valence-electron chi connectivity index (χ2n) is 6.65. The van der Waals surface area contributed by atoms with Crippen LogP contribution in [0.15, 0.2) is 0 Å². The number of carbonyl (C=O) groups is 1. The number of piperidine rings is 1. The van der Waals surface area contributed by atoms with Gasteiger partial charge in [0.2, 0.25) is 5.82 Å². The molecule has 3 heterocycles. The highest BCUT2D eigenvalue weighted by atomic mass is 16.2. The van der Waals surface area contributed by atoms with Crippen molar-refractivity contribution in [2.75, 3.05) is 19.6 Å². The fourth-order valence-electron chi connectivity index (χ4n) is 3.39. The van der Waals surface area contributed by atoms with Crippen LogP contribution in [0.25, 0.3) is 0 Å². The van der Waals surface area contributed by atoms with E-state index >= 15 is 0 Å². The standard InChI is InChI=1S/C15H25N5O/c1-10(2)13-16-14(18-17-13)15(21)20-9-12-6-4-5-7-19(12)8-11(20)3/h10-12H,4-9H2,1-3H3,(H,16,17,18). The monoisotopic (exact) mass is 291 g/mol. The number of nitrogens with one attached hydrogen (secondary N) is 1. The smallest absolute Gasteiger partial charge is 0.293 e. The third-order valence-electron chi connectivity index (χ3n) is 4.69. The Balaban J connectivity index is 1.73. The zero-order chi connectivity index (χ0) is 15.0. The molecule has 2 aliphatic heterocycles. The molecule has 0 spiro atoms. The first-order valence-corrected chi connectivity index (χ1v) is 8.03. The summed E-state index contributed by atoms with van der Waals surface area (Å²) in [4.78, 5) is 21.5. The molecule has 2 unspecified atom stereocenters. The molecule has 3 rings (SSSR count). The van der Waals surface area contributed by atoms with Crippen molar-refractivity contribution in [1.29, 1.82) is 0 Å². The molecule has 6 nitrogen and oxygen atoms in total. The number of H-pyrrole nitrogens is 1. The molecule has 2 saturated heterocycles. The van der Waals surface area contributed by atoms with Crippen molar-refractivity contribution in [3.8, 4) is 0 Å². The van der Waals surface area contributed by atoms with E-state index in [1.54, 1.807) is 0 Å². The van der Waals surface area contributed by atoms with E-state index in [0.29, 0.717) is 11.9 Å². The first-order chi connectivity index (χ1) is 10.1. The predicted octanol–water partition coefficient (Wildman–Crippen LogP) is 1.63. The van der Waals surface area contributed by atoms with E-state index in [1.165, 1.54) is 25.8 Å². The van der Waals surface area contributed by atoms with E-state index in [1.807, 2.05) is 18.7 Å². The molecule has 2 fully saturated rings. The van der Waals surface area contributed by atoms with Gasteiger partial charge in [0, 0.05) is 31.1 Å². The first kappa shape index (κ1) is 14.5. The SMILES string of the molecule is CC(C)c1nc(C(=O)N2CC3CCCCN3CC2C)n[nH]1. The van der Waals surface area contributed by atoms with Crippen molar-refractivity contribution in [1.82, 2.24) is 25.0 Å². The summed E-state index contributed by atoms with van der Waals surface area (Å²) in [5.74, 6) is 1.32. The van der Waals surface area contributed by atoms with Gasteiger partial charge in [-0.25, -0.2) is 4.98 Å². The summed E-state index contributed by atoms with van der Waals surface area (Å²) in [6.45, 7) is 9.16. The molecular formula is C15H25N5O. The highest BCUT2D eigenvalue weighted by molar-refractivity contribution is 5.90. The largest absolute Gasteiger partial charge is 0.330 e. The molecule has 21 heavy (non-hydrogen) atoms. The minimum atomic E-state index is -0.0316. The van der Waals surface area contributed by atoms with E-state index in [-0.39, 0.29) is 17.9 Å². The fourth-order valence-corrected chi connectivity index (χ4v) is 3.39. The summed E-state index contributed by atoms with van der Waals surface area (Å²) in [5, 5.41) is 6.99. The molecule has 116 valence electrons. The number of piperazine rings is 1. The maximum Gasteiger partial charge on any atom is 0.293 e. The van der Waals surface area contributed by atoms with E-state index in [2.05, 4.69) is 27.0 Å². The zero-order valence-electron chi connectivity index (χ0n) is 13.2. The number of rotatable bonds is 2. The Morgan fingerprint density at radius 2 is 2.14 bits per heavy atom. The van der Waals surface area contributed by atoms with Crippen LogP contribution in [-0.4, -0.2) is 62.6 Å². The average molecular weight is 291 g/mol. The third kappa shape index (κ3) is 2.81. The molecule has 0 aromatic carbocycles. The topological polar surface area (TPSA) is 65.1 Å². The number of aromatic nitrogens is 3. The summed E-state index contributed by atoms with van der Waals surface area (Å²) < 4.78 is 0. The van der Waals surface area contributed by atoms with Crippen molar-refractivity contribution in [3.63, 3.8) is 0 Å². The van der Waals surface area contributed by atoms with Crippen LogP contribution < -0.4 is 0 Å². The summed E-state index contributed by atoms with van der Waals surface area (Å²) >= 11 is 0. The number of hydrogen-bond acceptors (Lipinski definition) is 4. The molecule has 0 aliphatic carbocycles. The maximum atomic E-state index is 12.7. The number of nitrogens with zero attached hydrogens (tertiary/aromatic N) is 4. The third-order valence-corrected chi connectivity index (χ3v) is 4.69. The van der Waals surface area contributed by atoms with Crippen LogP contribution in [0.5, 0.6) is 0 Å². The van der Waals surface area contributed by atoms with Crippen molar-refractivity contribution in [2.24, 2.45) is 0 Å². The van der Waals surface area contributed by atoms with Gasteiger partial charge in [-0.05, 0) is 26.3 Å². The van der Waals surface area contributed by atoms with Crippen molar-refractivity contribution in [2.45, 2.75) is 58.0 Å². The van der Waals surface area contributed by atoms with Gasteiger partial charge in [-0.3, -0.25) is 14.8 Å². The maximum absolute atomic E-state index is 12.7. The lowest BCUT2D eigenvalue weighted by Gasteiger charge is -2.47. The lowest BCUT2D eigenvalue weighted by Crippen LogP contribution is -2.60. The Morgan fingerprint density at radius 3 is 2.86 bits per heavy atom. The Labute approximate surface area is 125 Å². The molecule has 2 atom stereocenters. The minimum Gasteiger partial charge on any atom is -0.330 e. The molecule has 0 saturated carbocycles. The number of fused-ring (bicyclic) bond motifs is 1. The van der Waals surface area contributed by atoms with Crippen LogP contribution in [0.2, 0.25) is 0 Å². The van der Waals surface area contributed by atoms with Gasteiger partial charge in [-0.1, -0.05) is 20.3 Å². The van der Waals surface area contributed by atoms with Gasteiger partial charge in [0.05, 0.1) is 0 Å². The molecule has 1 aromatic rings. The van der Waals surface area contributed by atoms with Crippen molar-refractivity contribution < 1.29 is 4.79 Å². The first-order valence-electron chi connectivity index (χ1n) is 8.03. The Morgan fingerprint density at radius 1 is 1.33 bits per heavy atom. The van der Waals surface area contributed by atoms with E-state index in [0.717, 1.165) is 18.9 Å². The van der Waals surface area contributed by atoms with Crippen LogP contribution >= 0.6 is 0 Å². The molecular weight excluding hydrogens is 266 g/mol. The highest BCUT2D eigenvalue weighted by Gasteiger charge is 2.36. The van der Waals surface area contributed by atoms with Gasteiger partial charge < -0.3 is 4.90 Å². The van der Waals surface area contributed by atoms with Gasteiger partial charge in [-0.2, -0.15) is 0 Å². The van der Waals surface area contributed by atoms with E-state index in [4.69, 9.17) is 0 Å². The fraction of sp³-hybridized carbons (Fsp3) is 0.800. The number of carbonyl (C=O) groups excluding carboxylic acids is 1. The average Bonchev–Trinajstić information content (AvgIpc) is 2.96. The number of aromatic amines is 1. The lowest BCUT2D eigenvalue weighted by atomic mass is 9.97. The summed E-state index contributed by atoms with van der Waals surface area (Å²) in [5.41, 5.74) is 0. The predicted molar refractivity (Wildman–Crippen MR) is 80.2 cm³/mol. The molecule has 1 amide bonds. The summed E-state index contributed by atoms with van der Waals surface area (Å²) in [6, 6.07) is 0.746. The second-order valence-corrected chi connectivity index (χ2v) is 6.65. The molecule has 2 aliphatic rings. The van der Waals surface area contributed by atoms with Gasteiger partial charge >= 0.3 is 0 Å². The summed E-state index contributed by atoms with van der Waals surface area (Å²) in [6.07, 6.45) is 3.76. The van der Waals surface area contributed by atoms with E-state index < -0.39 is 0 Å². The van der Waals surface area contributed by atoms with Crippen LogP contribution in [0.3, 0.4) is 0 Å². The van der Waals surface area contributed by atoms with Crippen LogP contribution in [0.1, 0.15) is 62.4 Å². The van der Waals surface area contributed by atoms with Crippen LogP contribution in [0, 0.1) is 0 Å². The molecule has 6 heteroatoms. The Kier molecular flexibility index (Phi) is 3.97. The van der Waals surface area contributed by atoms with Gasteiger partial charge in [0.15, 0.2) is 0 Å². The van der Waals surface area contributed by atoms with Crippen LogP contribution in [-0.2, 0) is 0 Å². The van der Waals surface area contributed by atoms with E-state index in [9.17, 15) is 4.79 Å². The Hall–Kier alpha value is -1.43. The quantitative estimate of drug-likeness (QED) is 0.899. The summed E-state index contributed by atoms with van der Waals surface area (Å²) in [7, 11) is 0. The number of hydrogen-bond donors (Lipinski definition) is 1. The minimum absolute atomic E-state index is 0.0316. The normalized spacial score (nSPS) is 27.0. The zero-order valence-corrected chi connectivity index (χ0v) is 13.2. The molecule has 0 bridgehead atoms.